The van der Waals surface area contributed by atoms with Gasteiger partial charge in [-0.05, 0) is 12.1 Å². The van der Waals surface area contributed by atoms with E-state index in [1.165, 1.54) is 17.4 Å². The van der Waals surface area contributed by atoms with E-state index in [9.17, 15) is 4.39 Å². The number of hydrogen-bond acceptors (Lipinski definition) is 2. The molecule has 1 N–H and O–H groups in total. The van der Waals surface area contributed by atoms with Gasteiger partial charge < -0.3 is 5.11 Å². The first-order valence-electron chi connectivity index (χ1n) is 4.26. The van der Waals surface area contributed by atoms with Crippen LogP contribution in [-0.4, -0.2) is 11.7 Å². The third kappa shape index (κ3) is 1.56. The number of hydrogen-bond donors (Lipinski definition) is 1. The van der Waals surface area contributed by atoms with Gasteiger partial charge in [0.25, 0.3) is 0 Å². The third-order valence-corrected chi connectivity index (χ3v) is 2.97. The summed E-state index contributed by atoms with van der Waals surface area (Å²) in [5.41, 5.74) is 0.569. The summed E-state index contributed by atoms with van der Waals surface area (Å²) in [7, 11) is 0. The molecule has 0 saturated carbocycles. The highest BCUT2D eigenvalue weighted by Crippen LogP contribution is 2.31. The van der Waals surface area contributed by atoms with Crippen LogP contribution in [0.5, 0.6) is 0 Å². The number of benzene rings is 1. The number of fused-ring (bicyclic) bond motifs is 1. The fourth-order valence-electron chi connectivity index (χ4n) is 1.35. The maximum atomic E-state index is 13.4. The Balaban J connectivity index is 2.58. The van der Waals surface area contributed by atoms with Gasteiger partial charge in [0.1, 0.15) is 5.83 Å². The first kappa shape index (κ1) is 9.37. The van der Waals surface area contributed by atoms with Crippen LogP contribution in [0.3, 0.4) is 0 Å². The van der Waals surface area contributed by atoms with Gasteiger partial charge >= 0.3 is 0 Å². The smallest absolute Gasteiger partial charge is 0.130 e. The maximum absolute atomic E-state index is 13.4. The summed E-state index contributed by atoms with van der Waals surface area (Å²) in [4.78, 5) is 0. The largest absolute Gasteiger partial charge is 0.392 e. The number of aliphatic hydroxyl groups is 1. The zero-order chi connectivity index (χ0) is 9.97. The molecule has 0 amide bonds. The second-order valence-corrected chi connectivity index (χ2v) is 3.79. The van der Waals surface area contributed by atoms with Crippen LogP contribution >= 0.6 is 11.3 Å². The van der Waals surface area contributed by atoms with Crippen molar-refractivity contribution in [3.63, 3.8) is 0 Å². The van der Waals surface area contributed by atoms with Crippen molar-refractivity contribution in [2.45, 2.75) is 0 Å². The van der Waals surface area contributed by atoms with Gasteiger partial charge in [-0.3, -0.25) is 0 Å². The van der Waals surface area contributed by atoms with Crippen LogP contribution in [0, 0.1) is 0 Å². The van der Waals surface area contributed by atoms with E-state index >= 15 is 0 Å². The molecule has 1 heterocycles. The molecular formula is C11H9FOS. The van der Waals surface area contributed by atoms with Crippen LogP contribution in [0.1, 0.15) is 5.56 Å². The monoisotopic (exact) mass is 208 g/mol. The van der Waals surface area contributed by atoms with E-state index in [2.05, 4.69) is 0 Å². The highest BCUT2D eigenvalue weighted by atomic mass is 32.1. The fourth-order valence-corrected chi connectivity index (χ4v) is 2.30. The van der Waals surface area contributed by atoms with Crippen molar-refractivity contribution in [3.05, 3.63) is 41.3 Å². The summed E-state index contributed by atoms with van der Waals surface area (Å²) in [6, 6.07) is 7.64. The Morgan fingerprint density at radius 3 is 3.00 bits per heavy atom. The van der Waals surface area contributed by atoms with Crippen LogP contribution < -0.4 is 0 Å². The quantitative estimate of drug-likeness (QED) is 0.803. The van der Waals surface area contributed by atoms with E-state index in [0.717, 1.165) is 10.1 Å². The SMILES string of the molecule is OC/C=C(\F)c1csc2ccccc12. The molecule has 0 radical (unpaired) electrons. The summed E-state index contributed by atoms with van der Waals surface area (Å²) in [5.74, 6) is -0.357. The van der Waals surface area contributed by atoms with Crippen LogP contribution in [-0.2, 0) is 0 Å². The molecule has 2 rings (SSSR count). The molecule has 1 nitrogen and oxygen atoms in total. The molecule has 0 atom stereocenters. The van der Waals surface area contributed by atoms with Crippen LogP contribution in [0.2, 0.25) is 0 Å². The third-order valence-electron chi connectivity index (χ3n) is 2.01. The van der Waals surface area contributed by atoms with Crippen molar-refractivity contribution in [2.24, 2.45) is 0 Å². The van der Waals surface area contributed by atoms with Crippen LogP contribution in [0.4, 0.5) is 4.39 Å². The van der Waals surface area contributed by atoms with Crippen LogP contribution in [0.25, 0.3) is 15.9 Å². The van der Waals surface area contributed by atoms with Crippen molar-refractivity contribution >= 4 is 27.2 Å². The molecule has 3 heteroatoms. The summed E-state index contributed by atoms with van der Waals surface area (Å²) in [5, 5.41) is 11.3. The normalized spacial score (nSPS) is 12.3. The van der Waals surface area contributed by atoms with Gasteiger partial charge in [-0.25, -0.2) is 4.39 Å². The molecule has 0 aliphatic heterocycles. The first-order chi connectivity index (χ1) is 6.83. The lowest BCUT2D eigenvalue weighted by Gasteiger charge is -1.94. The van der Waals surface area contributed by atoms with Gasteiger partial charge in [-0.2, -0.15) is 0 Å². The number of aliphatic hydroxyl groups excluding tert-OH is 1. The lowest BCUT2D eigenvalue weighted by Crippen LogP contribution is -1.78. The minimum Gasteiger partial charge on any atom is -0.392 e. The molecular weight excluding hydrogens is 199 g/mol. The molecule has 1 aromatic carbocycles. The number of thiophene rings is 1. The molecule has 0 fully saturated rings. The fraction of sp³-hybridized carbons (Fsp3) is 0.0909. The van der Waals surface area contributed by atoms with E-state index in [1.807, 2.05) is 24.3 Å². The molecule has 2 aromatic rings. The van der Waals surface area contributed by atoms with Gasteiger partial charge in [0.05, 0.1) is 6.61 Å². The van der Waals surface area contributed by atoms with Gasteiger partial charge in [-0.1, -0.05) is 18.2 Å². The molecule has 0 aliphatic carbocycles. The summed E-state index contributed by atoms with van der Waals surface area (Å²) >= 11 is 1.51. The second kappa shape index (κ2) is 3.90. The minimum absolute atomic E-state index is 0.268. The predicted octanol–water partition coefficient (Wildman–Crippen LogP) is 3.20. The van der Waals surface area contributed by atoms with Gasteiger partial charge in [0.2, 0.25) is 0 Å². The maximum Gasteiger partial charge on any atom is 0.130 e. The predicted molar refractivity (Wildman–Crippen MR) is 58.0 cm³/mol. The minimum atomic E-state index is -0.357. The second-order valence-electron chi connectivity index (χ2n) is 2.88. The summed E-state index contributed by atoms with van der Waals surface area (Å²) in [6.45, 7) is -0.268. The highest BCUT2D eigenvalue weighted by Gasteiger charge is 2.06. The Bertz CT molecular complexity index is 473. The zero-order valence-electron chi connectivity index (χ0n) is 7.40. The Labute approximate surface area is 85.1 Å². The molecule has 14 heavy (non-hydrogen) atoms. The average Bonchev–Trinajstić information content (AvgIpc) is 2.61. The van der Waals surface area contributed by atoms with Gasteiger partial charge in [0, 0.05) is 21.0 Å². The van der Waals surface area contributed by atoms with Crippen molar-refractivity contribution in [1.29, 1.82) is 0 Å². The van der Waals surface area contributed by atoms with E-state index in [-0.39, 0.29) is 12.4 Å². The first-order valence-corrected chi connectivity index (χ1v) is 5.14. The summed E-state index contributed by atoms with van der Waals surface area (Å²) < 4.78 is 14.5. The number of halogens is 1. The average molecular weight is 208 g/mol. The number of rotatable bonds is 2. The van der Waals surface area contributed by atoms with Crippen molar-refractivity contribution in [2.75, 3.05) is 6.61 Å². The lowest BCUT2D eigenvalue weighted by molar-refractivity contribution is 0.342. The Kier molecular flexibility index (Phi) is 2.61. The Hall–Kier alpha value is -1.19. The van der Waals surface area contributed by atoms with E-state index < -0.39 is 0 Å². The van der Waals surface area contributed by atoms with Gasteiger partial charge in [-0.15, -0.1) is 11.3 Å². The zero-order valence-corrected chi connectivity index (χ0v) is 8.22. The molecule has 72 valence electrons. The highest BCUT2D eigenvalue weighted by molar-refractivity contribution is 7.17. The molecule has 0 unspecified atom stereocenters. The summed E-state index contributed by atoms with van der Waals surface area (Å²) in [6.07, 6.45) is 1.18. The standard InChI is InChI=1S/C11H9FOS/c12-10(5-6-13)9-7-14-11-4-2-1-3-8(9)11/h1-5,7,13H,6H2/b10-5-. The van der Waals surface area contributed by atoms with Gasteiger partial charge in [0.15, 0.2) is 0 Å². The van der Waals surface area contributed by atoms with E-state index in [4.69, 9.17) is 5.11 Å². The molecule has 0 bridgehead atoms. The molecule has 0 aliphatic rings. The van der Waals surface area contributed by atoms with Crippen molar-refractivity contribution < 1.29 is 9.50 Å². The molecule has 0 spiro atoms. The topological polar surface area (TPSA) is 20.2 Å². The van der Waals surface area contributed by atoms with Crippen molar-refractivity contribution in [3.8, 4) is 0 Å². The lowest BCUT2D eigenvalue weighted by atomic mass is 10.1. The van der Waals surface area contributed by atoms with E-state index in [0.29, 0.717) is 5.56 Å². The Morgan fingerprint density at radius 2 is 2.21 bits per heavy atom. The van der Waals surface area contributed by atoms with Crippen molar-refractivity contribution in [1.82, 2.24) is 0 Å². The molecule has 0 saturated heterocycles. The molecule has 1 aromatic heterocycles. The van der Waals surface area contributed by atoms with E-state index in [1.54, 1.807) is 5.38 Å². The Morgan fingerprint density at radius 1 is 1.43 bits per heavy atom. The van der Waals surface area contributed by atoms with Crippen LogP contribution in [0.15, 0.2) is 35.7 Å².